The summed E-state index contributed by atoms with van der Waals surface area (Å²) < 4.78 is 0. The second kappa shape index (κ2) is 10.00. The van der Waals surface area contributed by atoms with Crippen molar-refractivity contribution >= 4 is 17.3 Å². The number of phenols is 2. The number of aromatic hydroxyl groups is 2. The van der Waals surface area contributed by atoms with Crippen molar-refractivity contribution in [1.82, 2.24) is 0 Å². The average molecular weight is 623 g/mol. The summed E-state index contributed by atoms with van der Waals surface area (Å²) >= 11 is 0. The molecular weight excluding hydrogens is 576 g/mol. The van der Waals surface area contributed by atoms with E-state index in [2.05, 4.69) is 13.5 Å². The van der Waals surface area contributed by atoms with E-state index >= 15 is 0 Å². The highest BCUT2D eigenvalue weighted by Gasteiger charge is 2.61. The van der Waals surface area contributed by atoms with Gasteiger partial charge in [-0.3, -0.25) is 14.4 Å². The Hall–Kier alpha value is -3.51. The van der Waals surface area contributed by atoms with Crippen LogP contribution >= 0.6 is 0 Å². The fraction of sp³-hybridized carbons (Fsp3) is 0.525. The Morgan fingerprint density at radius 1 is 0.761 bits per heavy atom. The molecule has 0 aliphatic heterocycles. The number of hydrogen-bond donors (Lipinski definition) is 3. The van der Waals surface area contributed by atoms with Gasteiger partial charge in [0.2, 0.25) is 0 Å². The lowest BCUT2D eigenvalue weighted by molar-refractivity contribution is -0.132. The number of phenolic OH excluding ortho intramolecular Hbond substituents is 2. The number of ketones is 3. The van der Waals surface area contributed by atoms with Gasteiger partial charge in [0.15, 0.2) is 11.6 Å². The predicted octanol–water partition coefficient (Wildman–Crippen LogP) is 7.73. The first-order valence-corrected chi connectivity index (χ1v) is 17.0. The highest BCUT2D eigenvalue weighted by Crippen LogP contribution is 2.64. The van der Waals surface area contributed by atoms with Crippen molar-refractivity contribution in [3.8, 4) is 11.5 Å². The third kappa shape index (κ3) is 4.01. The smallest absolute Gasteiger partial charge is 0.163 e. The monoisotopic (exact) mass is 622 g/mol. The molecule has 0 bridgehead atoms. The first-order chi connectivity index (χ1) is 21.5. The van der Waals surface area contributed by atoms with E-state index in [9.17, 15) is 29.7 Å². The Kier molecular flexibility index (Phi) is 6.76. The van der Waals surface area contributed by atoms with Gasteiger partial charge < -0.3 is 15.3 Å². The molecule has 6 nitrogen and oxygen atoms in total. The molecule has 0 unspecified atom stereocenters. The van der Waals surface area contributed by atoms with Crippen LogP contribution in [0.4, 0.5) is 0 Å². The molecule has 2 aromatic carbocycles. The van der Waals surface area contributed by atoms with E-state index in [1.807, 2.05) is 46.8 Å². The third-order valence-electron chi connectivity index (χ3n) is 13.0. The lowest BCUT2D eigenvalue weighted by Crippen LogP contribution is -2.56. The van der Waals surface area contributed by atoms with Crippen molar-refractivity contribution in [2.75, 3.05) is 0 Å². The molecule has 0 heterocycles. The van der Waals surface area contributed by atoms with Crippen LogP contribution in [0.5, 0.6) is 11.5 Å². The third-order valence-corrected chi connectivity index (χ3v) is 13.0. The molecule has 0 amide bonds. The summed E-state index contributed by atoms with van der Waals surface area (Å²) in [6.45, 7) is 16.7. The molecule has 46 heavy (non-hydrogen) atoms. The normalized spacial score (nSPS) is 33.6. The van der Waals surface area contributed by atoms with E-state index in [0.717, 1.165) is 39.0 Å². The van der Waals surface area contributed by atoms with Crippen molar-refractivity contribution in [3.63, 3.8) is 0 Å². The van der Waals surface area contributed by atoms with Crippen LogP contribution in [0.2, 0.25) is 0 Å². The van der Waals surface area contributed by atoms with Crippen molar-refractivity contribution in [1.29, 1.82) is 0 Å². The number of fused-ring (bicyclic) bond motifs is 7. The van der Waals surface area contributed by atoms with Crippen molar-refractivity contribution in [2.45, 2.75) is 115 Å². The molecule has 1 fully saturated rings. The van der Waals surface area contributed by atoms with E-state index in [1.54, 1.807) is 12.1 Å². The summed E-state index contributed by atoms with van der Waals surface area (Å²) in [5.41, 5.74) is 4.75. The number of aliphatic hydroxyl groups excluding tert-OH is 1. The van der Waals surface area contributed by atoms with Gasteiger partial charge in [0, 0.05) is 41.2 Å². The fourth-order valence-corrected chi connectivity index (χ4v) is 10.3. The van der Waals surface area contributed by atoms with Crippen LogP contribution in [0.15, 0.2) is 47.6 Å². The van der Waals surface area contributed by atoms with Crippen LogP contribution in [0.25, 0.3) is 0 Å². The topological polar surface area (TPSA) is 112 Å². The van der Waals surface area contributed by atoms with E-state index < -0.39 is 22.3 Å². The van der Waals surface area contributed by atoms with E-state index in [0.29, 0.717) is 43.2 Å². The Bertz CT molecular complexity index is 1790. The Balaban J connectivity index is 1.29. The number of aliphatic hydroxyl groups is 1. The number of benzene rings is 2. The van der Waals surface area contributed by atoms with Crippen molar-refractivity contribution in [2.24, 2.45) is 17.3 Å². The van der Waals surface area contributed by atoms with Gasteiger partial charge in [-0.05, 0) is 101 Å². The number of carbonyl (C=O) groups excluding carboxylic acids is 3. The summed E-state index contributed by atoms with van der Waals surface area (Å²) in [5, 5.41) is 33.6. The van der Waals surface area contributed by atoms with Crippen LogP contribution in [-0.2, 0) is 15.6 Å². The largest absolute Gasteiger partial charge is 0.508 e. The molecule has 7 rings (SSSR count). The quantitative estimate of drug-likeness (QED) is 0.296. The number of allylic oxidation sites excluding steroid dienone is 2. The lowest BCUT2D eigenvalue weighted by atomic mass is 9.45. The number of Topliss-reactive ketones (excluding diaryl/α,β-unsaturated/α-hetero) is 3. The predicted molar refractivity (Wildman–Crippen MR) is 177 cm³/mol. The zero-order chi connectivity index (χ0) is 33.2. The van der Waals surface area contributed by atoms with Crippen molar-refractivity contribution < 1.29 is 29.7 Å². The standard InChI is InChI=1S/C40H46O6/c1-19(2)23-10-25-29(13-32(23)41)38(6)17-36(45)22-8-9-40(16-27(22)31(38)15-35(25)44)21(5)28-12-34(43)26-11-24(20(3)4)33(42)14-30(26)39(28,7)18-37(40)46/h10-11,13-14,19-20,28,31,36,41-42,45H,5,8-9,12,15-18H2,1-4,6-7H3/t28-,31-,36-,38+,39-,40-/m0/s1. The van der Waals surface area contributed by atoms with Crippen molar-refractivity contribution in [3.05, 3.63) is 80.9 Å². The minimum atomic E-state index is -0.883. The Morgan fingerprint density at radius 3 is 1.83 bits per heavy atom. The highest BCUT2D eigenvalue weighted by atomic mass is 16.3. The molecular formula is C40H46O6. The van der Waals surface area contributed by atoms with Crippen LogP contribution < -0.4 is 0 Å². The van der Waals surface area contributed by atoms with Crippen LogP contribution in [-0.4, -0.2) is 38.8 Å². The summed E-state index contributed by atoms with van der Waals surface area (Å²) in [5.74, 6) is 0.0744. The minimum Gasteiger partial charge on any atom is -0.508 e. The van der Waals surface area contributed by atoms with Crippen LogP contribution in [0.3, 0.4) is 0 Å². The first kappa shape index (κ1) is 31.1. The zero-order valence-corrected chi connectivity index (χ0v) is 27.9. The molecule has 2 aromatic rings. The second-order valence-electron chi connectivity index (χ2n) is 16.1. The molecule has 6 heteroatoms. The summed E-state index contributed by atoms with van der Waals surface area (Å²) in [6, 6.07) is 7.11. The number of carbonyl (C=O) groups is 3. The minimum absolute atomic E-state index is 0.0106. The van der Waals surface area contributed by atoms with Gasteiger partial charge in [0.25, 0.3) is 0 Å². The summed E-state index contributed by atoms with van der Waals surface area (Å²) in [7, 11) is 0. The maximum atomic E-state index is 14.6. The van der Waals surface area contributed by atoms with Gasteiger partial charge >= 0.3 is 0 Å². The van der Waals surface area contributed by atoms with Crippen LogP contribution in [0.1, 0.15) is 141 Å². The van der Waals surface area contributed by atoms with Crippen LogP contribution in [0, 0.1) is 17.3 Å². The van der Waals surface area contributed by atoms with Gasteiger partial charge in [-0.1, -0.05) is 59.3 Å². The van der Waals surface area contributed by atoms with E-state index in [1.165, 1.54) is 0 Å². The molecule has 0 saturated heterocycles. The van der Waals surface area contributed by atoms with Gasteiger partial charge in [-0.15, -0.1) is 0 Å². The second-order valence-corrected chi connectivity index (χ2v) is 16.1. The SMILES string of the molecule is C=C1[C@@H]2CC(=O)c3cc(C(C)C)c(O)cc3[C@@]2(C)CC(=O)[C@]12CCC1=C(C2)[C@@H]2CC(=O)c3cc(C(C)C)c(O)cc3[C@@]2(C)C[C@@H]1O. The fourth-order valence-electron chi connectivity index (χ4n) is 10.3. The van der Waals surface area contributed by atoms with E-state index in [4.69, 9.17) is 0 Å². The maximum Gasteiger partial charge on any atom is 0.163 e. The molecule has 0 radical (unpaired) electrons. The summed E-state index contributed by atoms with van der Waals surface area (Å²) in [6.07, 6.45) is 1.99. The molecule has 0 aromatic heterocycles. The maximum absolute atomic E-state index is 14.6. The lowest BCUT2D eigenvalue weighted by Gasteiger charge is -2.57. The number of hydrogen-bond acceptors (Lipinski definition) is 6. The molecule has 3 N–H and O–H groups in total. The number of rotatable bonds is 2. The molecule has 1 saturated carbocycles. The first-order valence-electron chi connectivity index (χ1n) is 17.0. The molecule has 5 aliphatic carbocycles. The van der Waals surface area contributed by atoms with E-state index in [-0.39, 0.29) is 65.4 Å². The molecule has 6 atom stereocenters. The Morgan fingerprint density at radius 2 is 1.28 bits per heavy atom. The van der Waals surface area contributed by atoms with Gasteiger partial charge in [-0.2, -0.15) is 0 Å². The van der Waals surface area contributed by atoms with Gasteiger partial charge in [0.1, 0.15) is 17.3 Å². The Labute approximate surface area is 271 Å². The molecule has 1 spiro atoms. The van der Waals surface area contributed by atoms with Gasteiger partial charge in [-0.25, -0.2) is 0 Å². The van der Waals surface area contributed by atoms with Gasteiger partial charge in [0.05, 0.1) is 11.5 Å². The molecule has 5 aliphatic rings. The highest BCUT2D eigenvalue weighted by molar-refractivity contribution is 6.03. The zero-order valence-electron chi connectivity index (χ0n) is 27.9. The molecule has 242 valence electrons. The summed E-state index contributed by atoms with van der Waals surface area (Å²) in [4.78, 5) is 42.1. The average Bonchev–Trinajstić information content (AvgIpc) is 2.98.